The van der Waals surface area contributed by atoms with Gasteiger partial charge < -0.3 is 19.6 Å². The van der Waals surface area contributed by atoms with Crippen LogP contribution in [0.4, 0.5) is 13.2 Å². The van der Waals surface area contributed by atoms with E-state index < -0.39 is 12.1 Å². The predicted molar refractivity (Wildman–Crippen MR) is 111 cm³/mol. The van der Waals surface area contributed by atoms with Gasteiger partial charge in [-0.3, -0.25) is 9.48 Å². The second kappa shape index (κ2) is 10.7. The third kappa shape index (κ3) is 6.86. The average molecular weight is 477 g/mol. The van der Waals surface area contributed by atoms with Gasteiger partial charge in [-0.2, -0.15) is 18.3 Å². The van der Waals surface area contributed by atoms with Crippen LogP contribution in [0.1, 0.15) is 16.1 Å². The number of carbonyl (C=O) groups is 2. The van der Waals surface area contributed by atoms with Crippen molar-refractivity contribution < 1.29 is 32.6 Å². The van der Waals surface area contributed by atoms with Crippen molar-refractivity contribution in [3.8, 4) is 5.75 Å². The van der Waals surface area contributed by atoms with Gasteiger partial charge in [-0.15, -0.1) is 0 Å². The van der Waals surface area contributed by atoms with E-state index in [-0.39, 0.29) is 5.91 Å². The number of nitrogens with zero attached hydrogens (tertiary/aromatic N) is 4. The lowest BCUT2D eigenvalue weighted by Gasteiger charge is -2.26. The third-order valence-electron chi connectivity index (χ3n) is 4.62. The highest BCUT2D eigenvalue weighted by molar-refractivity contribution is 6.32. The Hall–Kier alpha value is -2.79. The summed E-state index contributed by atoms with van der Waals surface area (Å²) < 4.78 is 38.9. The fraction of sp³-hybridized carbons (Fsp3) is 0.450. The van der Waals surface area contributed by atoms with E-state index in [1.165, 1.54) is 0 Å². The van der Waals surface area contributed by atoms with E-state index in [1.807, 2.05) is 29.7 Å². The molecule has 1 atom stereocenters. The first kappa shape index (κ1) is 25.5. The molecule has 1 amide bonds. The normalized spacial score (nSPS) is 16.0. The van der Waals surface area contributed by atoms with Crippen molar-refractivity contribution in [2.75, 3.05) is 34.3 Å². The van der Waals surface area contributed by atoms with Crippen LogP contribution in [0.2, 0.25) is 5.02 Å². The maximum Gasteiger partial charge on any atom is 0.490 e. The van der Waals surface area contributed by atoms with E-state index in [9.17, 15) is 18.0 Å². The first-order chi connectivity index (χ1) is 14.9. The smallest absolute Gasteiger partial charge is 0.490 e. The molecule has 176 valence electrons. The minimum absolute atomic E-state index is 0.0250. The Kier molecular flexibility index (Phi) is 8.51. The summed E-state index contributed by atoms with van der Waals surface area (Å²) in [7, 11) is 5.65. The number of amides is 1. The number of methoxy groups -OCH3 is 1. The Bertz CT molecular complexity index is 949. The number of hydrogen-bond acceptors (Lipinski definition) is 5. The zero-order chi connectivity index (χ0) is 24.1. The Morgan fingerprint density at radius 1 is 1.28 bits per heavy atom. The maximum absolute atomic E-state index is 13.1. The molecule has 1 aliphatic rings. The van der Waals surface area contributed by atoms with Crippen molar-refractivity contribution >= 4 is 23.5 Å². The number of benzene rings is 1. The van der Waals surface area contributed by atoms with Crippen LogP contribution in [0.15, 0.2) is 30.5 Å². The molecule has 1 aromatic carbocycles. The Morgan fingerprint density at radius 3 is 2.47 bits per heavy atom. The second-order valence-electron chi connectivity index (χ2n) is 7.47. The fourth-order valence-corrected chi connectivity index (χ4v) is 3.56. The number of carbonyl (C=O) groups excluding carboxylic acids is 1. The molecular weight excluding hydrogens is 453 g/mol. The summed E-state index contributed by atoms with van der Waals surface area (Å²) in [4.78, 5) is 26.0. The Labute approximate surface area is 188 Å². The minimum Gasteiger partial charge on any atom is -0.495 e. The second-order valence-corrected chi connectivity index (χ2v) is 7.88. The molecular formula is C20H24ClF3N4O4. The van der Waals surface area contributed by atoms with Gasteiger partial charge in [-0.25, -0.2) is 4.79 Å². The number of hydrogen-bond donors (Lipinski definition) is 1. The van der Waals surface area contributed by atoms with Gasteiger partial charge >= 0.3 is 12.1 Å². The first-order valence-corrected chi connectivity index (χ1v) is 9.88. The van der Waals surface area contributed by atoms with Gasteiger partial charge in [-0.1, -0.05) is 11.6 Å². The van der Waals surface area contributed by atoms with E-state index in [4.69, 9.17) is 26.2 Å². The van der Waals surface area contributed by atoms with Crippen LogP contribution >= 0.6 is 11.6 Å². The molecule has 32 heavy (non-hydrogen) atoms. The number of carboxylic acid groups (broad SMARTS) is 1. The number of ether oxygens (including phenoxy) is 1. The zero-order valence-corrected chi connectivity index (χ0v) is 18.5. The summed E-state index contributed by atoms with van der Waals surface area (Å²) >= 11 is 6.19. The summed E-state index contributed by atoms with van der Waals surface area (Å²) in [5, 5.41) is 12.0. The Balaban J connectivity index is 0.000000451. The number of aromatic nitrogens is 2. The maximum atomic E-state index is 13.1. The first-order valence-electron chi connectivity index (χ1n) is 9.50. The van der Waals surface area contributed by atoms with Crippen LogP contribution in [0.25, 0.3) is 0 Å². The quantitative estimate of drug-likeness (QED) is 0.730. The molecule has 0 spiro atoms. The number of fused-ring (bicyclic) bond motifs is 1. The van der Waals surface area contributed by atoms with E-state index in [0.29, 0.717) is 35.3 Å². The number of rotatable bonds is 4. The molecule has 0 bridgehead atoms. The van der Waals surface area contributed by atoms with Crippen molar-refractivity contribution in [1.29, 1.82) is 0 Å². The van der Waals surface area contributed by atoms with Crippen molar-refractivity contribution in [2.24, 2.45) is 5.92 Å². The van der Waals surface area contributed by atoms with Crippen molar-refractivity contribution in [1.82, 2.24) is 19.6 Å². The molecule has 2 heterocycles. The molecule has 12 heteroatoms. The molecule has 1 aromatic heterocycles. The molecule has 1 aliphatic heterocycles. The van der Waals surface area contributed by atoms with Gasteiger partial charge in [0.15, 0.2) is 0 Å². The van der Waals surface area contributed by atoms with Gasteiger partial charge in [0.2, 0.25) is 0 Å². The molecule has 0 fully saturated rings. The lowest BCUT2D eigenvalue weighted by Crippen LogP contribution is -2.37. The minimum atomic E-state index is -5.08. The number of alkyl halides is 3. The number of halogens is 4. The average Bonchev–Trinajstić information content (AvgIpc) is 3.05. The molecule has 0 saturated heterocycles. The van der Waals surface area contributed by atoms with Gasteiger partial charge in [0.25, 0.3) is 5.91 Å². The van der Waals surface area contributed by atoms with Crippen LogP contribution in [0.5, 0.6) is 5.75 Å². The van der Waals surface area contributed by atoms with Crippen molar-refractivity contribution in [2.45, 2.75) is 19.3 Å². The lowest BCUT2D eigenvalue weighted by atomic mass is 10.1. The van der Waals surface area contributed by atoms with E-state index >= 15 is 0 Å². The number of carboxylic acids is 1. The van der Waals surface area contributed by atoms with Crippen molar-refractivity contribution in [3.05, 3.63) is 46.7 Å². The largest absolute Gasteiger partial charge is 0.495 e. The van der Waals surface area contributed by atoms with Gasteiger partial charge in [0, 0.05) is 37.3 Å². The van der Waals surface area contributed by atoms with Crippen LogP contribution in [-0.4, -0.2) is 77.0 Å². The van der Waals surface area contributed by atoms with Gasteiger partial charge in [-0.05, 0) is 38.4 Å². The SMILES string of the molecule is COc1ccc(C(=O)N2Cc3ccnn3CC(CN(C)C)C2)cc1Cl.O=C(O)C(F)(F)F. The van der Waals surface area contributed by atoms with Gasteiger partial charge in [0.1, 0.15) is 5.75 Å². The molecule has 1 unspecified atom stereocenters. The summed E-state index contributed by atoms with van der Waals surface area (Å²) in [5.74, 6) is -1.90. The van der Waals surface area contributed by atoms with E-state index in [0.717, 1.165) is 18.8 Å². The zero-order valence-electron chi connectivity index (χ0n) is 17.8. The molecule has 3 rings (SSSR count). The third-order valence-corrected chi connectivity index (χ3v) is 4.91. The molecule has 1 N–H and O–H groups in total. The monoisotopic (exact) mass is 476 g/mol. The lowest BCUT2D eigenvalue weighted by molar-refractivity contribution is -0.192. The standard InChI is InChI=1S/C18H23ClN4O2.C2HF3O2/c1-21(2)9-13-10-22(12-15-6-7-20-23(15)11-13)18(24)14-4-5-17(25-3)16(19)8-14;3-2(4,5)1(6)7/h4-8,13H,9-12H2,1-3H3;(H,6,7). The summed E-state index contributed by atoms with van der Waals surface area (Å²) in [6, 6.07) is 7.14. The van der Waals surface area contributed by atoms with E-state index in [1.54, 1.807) is 31.5 Å². The van der Waals surface area contributed by atoms with Crippen LogP contribution in [0.3, 0.4) is 0 Å². The summed E-state index contributed by atoms with van der Waals surface area (Å²) in [6.07, 6.45) is -3.29. The highest BCUT2D eigenvalue weighted by Gasteiger charge is 2.38. The molecule has 0 radical (unpaired) electrons. The van der Waals surface area contributed by atoms with Crippen LogP contribution in [0, 0.1) is 5.92 Å². The highest BCUT2D eigenvalue weighted by atomic mass is 35.5. The summed E-state index contributed by atoms with van der Waals surface area (Å²) in [6.45, 7) is 2.94. The Morgan fingerprint density at radius 2 is 1.94 bits per heavy atom. The highest BCUT2D eigenvalue weighted by Crippen LogP contribution is 2.26. The molecule has 0 saturated carbocycles. The van der Waals surface area contributed by atoms with Crippen molar-refractivity contribution in [3.63, 3.8) is 0 Å². The molecule has 2 aromatic rings. The fourth-order valence-electron chi connectivity index (χ4n) is 3.30. The van der Waals surface area contributed by atoms with Crippen LogP contribution < -0.4 is 4.74 Å². The summed E-state index contributed by atoms with van der Waals surface area (Å²) in [5.41, 5.74) is 1.62. The molecule has 8 nitrogen and oxygen atoms in total. The topological polar surface area (TPSA) is 87.9 Å². The van der Waals surface area contributed by atoms with E-state index in [2.05, 4.69) is 10.00 Å². The van der Waals surface area contributed by atoms with Gasteiger partial charge in [0.05, 0.1) is 24.4 Å². The predicted octanol–water partition coefficient (Wildman–Crippen LogP) is 3.01. The number of aliphatic carboxylic acids is 1. The molecule has 0 aliphatic carbocycles. The van der Waals surface area contributed by atoms with Crippen LogP contribution in [-0.2, 0) is 17.9 Å².